The molecule has 5 aromatic rings. The van der Waals surface area contributed by atoms with E-state index < -0.39 is 0 Å². The second kappa shape index (κ2) is 15.4. The molecule has 45 heavy (non-hydrogen) atoms. The summed E-state index contributed by atoms with van der Waals surface area (Å²) in [5, 5.41) is 12.7. The summed E-state index contributed by atoms with van der Waals surface area (Å²) < 4.78 is 18.0. The van der Waals surface area contributed by atoms with Crippen LogP contribution in [0.2, 0.25) is 0 Å². The zero-order valence-electron chi connectivity index (χ0n) is 27.9. The van der Waals surface area contributed by atoms with Crippen LogP contribution in [0.1, 0.15) is 90.2 Å². The number of aliphatic hydroxyl groups is 1. The number of allylic oxidation sites excluding steroid dienone is 2. The van der Waals surface area contributed by atoms with Crippen molar-refractivity contribution in [2.24, 2.45) is 11.8 Å². The summed E-state index contributed by atoms with van der Waals surface area (Å²) in [5.74, 6) is 0.305. The van der Waals surface area contributed by atoms with Crippen LogP contribution in [0.15, 0.2) is 48.4 Å². The molecule has 3 heterocycles. The molecule has 2 aromatic carbocycles. The second-order valence-corrected chi connectivity index (χ2v) is 14.8. The first-order valence-electron chi connectivity index (χ1n) is 15.7. The van der Waals surface area contributed by atoms with Crippen LogP contribution in [-0.2, 0) is 30.3 Å². The third kappa shape index (κ3) is 7.76. The number of benzene rings is 2. The number of rotatable bonds is 8. The number of carbonyl (C=O) groups is 1. The summed E-state index contributed by atoms with van der Waals surface area (Å²) in [6.45, 7) is 19.0. The summed E-state index contributed by atoms with van der Waals surface area (Å²) in [7, 11) is 0. The van der Waals surface area contributed by atoms with E-state index in [4.69, 9.17) is 0 Å². The first kappa shape index (κ1) is 37.0. The fourth-order valence-electron chi connectivity index (χ4n) is 5.73. The smallest absolute Gasteiger partial charge is 0.162 e. The maximum absolute atomic E-state index is 14.8. The van der Waals surface area contributed by atoms with Gasteiger partial charge in [0, 0.05) is 63.4 Å². The standard InChI is InChI=1S/C25H21FNS2.C13H24O2.Ir/c1-13-14(2)28-24-20-19(26)12-27-21(23(20)29-22(13)24)16-10-15-8-6-7-9-17(15)18(11-16)25(3,4)5;1-5-10(6-2)12(14)9-13(15)11(7-3)8-4;/h6-9,11-12H,1-5H3;9-11,14H,5-8H2,1-4H3;/q-1;;/b;12-9-;. The van der Waals surface area contributed by atoms with Gasteiger partial charge in [-0.05, 0) is 50.5 Å². The number of thiophene rings is 2. The Morgan fingerprint density at radius 1 is 0.978 bits per heavy atom. The number of carbonyl (C=O) groups excluding carboxylic acids is 1. The Bertz CT molecular complexity index is 1820. The fourth-order valence-corrected chi connectivity index (χ4v) is 8.48. The minimum Gasteiger partial charge on any atom is -0.512 e. The van der Waals surface area contributed by atoms with Crippen molar-refractivity contribution >= 4 is 58.7 Å². The summed E-state index contributed by atoms with van der Waals surface area (Å²) in [5.41, 5.74) is 4.23. The van der Waals surface area contributed by atoms with Crippen LogP contribution in [0.25, 0.3) is 41.5 Å². The van der Waals surface area contributed by atoms with Gasteiger partial charge in [0.05, 0.1) is 16.7 Å². The van der Waals surface area contributed by atoms with Gasteiger partial charge in [-0.15, -0.1) is 51.8 Å². The van der Waals surface area contributed by atoms with Crippen molar-refractivity contribution in [1.29, 1.82) is 0 Å². The zero-order valence-corrected chi connectivity index (χ0v) is 31.9. The number of halogens is 1. The molecule has 3 aromatic heterocycles. The monoisotopic (exact) mass is 823 g/mol. The van der Waals surface area contributed by atoms with Gasteiger partial charge in [0.1, 0.15) is 5.82 Å². The minimum absolute atomic E-state index is 0. The third-order valence-electron chi connectivity index (χ3n) is 8.67. The molecule has 1 N–H and O–H groups in total. The van der Waals surface area contributed by atoms with Gasteiger partial charge in [0.2, 0.25) is 0 Å². The third-order valence-corrected chi connectivity index (χ3v) is 11.3. The molecule has 3 nitrogen and oxygen atoms in total. The number of nitrogens with zero attached hydrogens (tertiary/aromatic N) is 1. The normalized spacial score (nSPS) is 12.2. The molecule has 0 saturated carbocycles. The largest absolute Gasteiger partial charge is 0.512 e. The molecular weight excluding hydrogens is 778 g/mol. The molecule has 0 aliphatic rings. The Morgan fingerprint density at radius 2 is 1.60 bits per heavy atom. The number of aryl methyl sites for hydroxylation is 2. The van der Waals surface area contributed by atoms with Gasteiger partial charge in [-0.25, -0.2) is 4.39 Å². The molecule has 243 valence electrons. The van der Waals surface area contributed by atoms with Crippen LogP contribution in [0.4, 0.5) is 4.39 Å². The molecule has 0 aliphatic heterocycles. The molecule has 0 unspecified atom stereocenters. The van der Waals surface area contributed by atoms with Gasteiger partial charge >= 0.3 is 0 Å². The number of aliphatic hydroxyl groups excluding tert-OH is 1. The average Bonchev–Trinajstić information content (AvgIpc) is 3.49. The summed E-state index contributed by atoms with van der Waals surface area (Å²) >= 11 is 3.33. The number of fused-ring (bicyclic) bond motifs is 4. The first-order chi connectivity index (χ1) is 20.9. The van der Waals surface area contributed by atoms with Gasteiger partial charge in [0.25, 0.3) is 0 Å². The van der Waals surface area contributed by atoms with Crippen LogP contribution in [0, 0.1) is 37.6 Å². The molecule has 0 bridgehead atoms. The van der Waals surface area contributed by atoms with E-state index in [9.17, 15) is 14.3 Å². The van der Waals surface area contributed by atoms with E-state index >= 15 is 0 Å². The van der Waals surface area contributed by atoms with E-state index in [1.807, 2.05) is 33.8 Å². The van der Waals surface area contributed by atoms with E-state index in [0.717, 1.165) is 51.7 Å². The fraction of sp³-hybridized carbons (Fsp3) is 0.421. The van der Waals surface area contributed by atoms with E-state index in [2.05, 4.69) is 69.9 Å². The van der Waals surface area contributed by atoms with Gasteiger partial charge in [-0.2, -0.15) is 0 Å². The molecule has 1 radical (unpaired) electrons. The maximum atomic E-state index is 14.8. The minimum atomic E-state index is -0.243. The Kier molecular flexibility index (Phi) is 12.7. The van der Waals surface area contributed by atoms with Crippen molar-refractivity contribution in [2.75, 3.05) is 0 Å². The molecule has 0 atom stereocenters. The predicted molar refractivity (Wildman–Crippen MR) is 189 cm³/mol. The number of aromatic nitrogens is 1. The Morgan fingerprint density at radius 3 is 2.20 bits per heavy atom. The molecule has 0 amide bonds. The zero-order chi connectivity index (χ0) is 32.3. The predicted octanol–water partition coefficient (Wildman–Crippen LogP) is 12.1. The number of hydrogen-bond acceptors (Lipinski definition) is 5. The molecule has 0 aliphatic carbocycles. The number of ketones is 1. The first-order valence-corrected chi connectivity index (χ1v) is 17.4. The summed E-state index contributed by atoms with van der Waals surface area (Å²) in [4.78, 5) is 17.5. The summed E-state index contributed by atoms with van der Waals surface area (Å²) in [6, 6.07) is 14.1. The van der Waals surface area contributed by atoms with Crippen molar-refractivity contribution in [2.45, 2.75) is 93.4 Å². The van der Waals surface area contributed by atoms with Crippen LogP contribution in [-0.4, -0.2) is 15.9 Å². The van der Waals surface area contributed by atoms with Crippen molar-refractivity contribution in [1.82, 2.24) is 4.98 Å². The molecular formula is C38H45FIrNO2S2-. The van der Waals surface area contributed by atoms with Crippen LogP contribution >= 0.6 is 22.7 Å². The number of hydrogen-bond donors (Lipinski definition) is 1. The van der Waals surface area contributed by atoms with Crippen LogP contribution < -0.4 is 0 Å². The Labute approximate surface area is 289 Å². The molecule has 0 saturated heterocycles. The molecule has 0 spiro atoms. The van der Waals surface area contributed by atoms with Gasteiger partial charge in [0.15, 0.2) is 5.78 Å². The quantitative estimate of drug-likeness (QED) is 0.0963. The van der Waals surface area contributed by atoms with Crippen molar-refractivity contribution in [3.63, 3.8) is 0 Å². The van der Waals surface area contributed by atoms with Crippen LogP contribution in [0.3, 0.4) is 0 Å². The molecule has 0 fully saturated rings. The van der Waals surface area contributed by atoms with Gasteiger partial charge in [-0.1, -0.05) is 77.6 Å². The number of pyridine rings is 1. The van der Waals surface area contributed by atoms with E-state index in [1.54, 1.807) is 22.7 Å². The Hall–Kier alpha value is -2.44. The van der Waals surface area contributed by atoms with Crippen LogP contribution in [0.5, 0.6) is 0 Å². The van der Waals surface area contributed by atoms with Crippen molar-refractivity contribution in [3.05, 3.63) is 76.3 Å². The molecule has 5 rings (SSSR count). The second-order valence-electron chi connectivity index (χ2n) is 12.6. The van der Waals surface area contributed by atoms with Gasteiger partial charge in [-0.3, -0.25) is 9.78 Å². The topological polar surface area (TPSA) is 50.2 Å². The average molecular weight is 823 g/mol. The van der Waals surface area contributed by atoms with Gasteiger partial charge < -0.3 is 5.11 Å². The van der Waals surface area contributed by atoms with E-state index in [-0.39, 0.29) is 54.7 Å². The molecule has 7 heteroatoms. The SMILES string of the molecule is CCC(CC)C(=O)/C=C(\O)C(CC)CC.Cc1sc2c(sc3c(-c4[c-]c5ccccc5c(C(C)(C)C)c4)ncc(F)c32)c1C.[Ir]. The maximum Gasteiger partial charge on any atom is 0.162 e. The van der Waals surface area contributed by atoms with E-state index in [0.29, 0.717) is 5.39 Å². The van der Waals surface area contributed by atoms with Crippen molar-refractivity contribution in [3.8, 4) is 11.3 Å². The van der Waals surface area contributed by atoms with E-state index in [1.165, 1.54) is 38.4 Å². The van der Waals surface area contributed by atoms with Crippen molar-refractivity contribution < 1.29 is 34.4 Å². The Balaban J connectivity index is 0.000000297. The summed E-state index contributed by atoms with van der Waals surface area (Å²) in [6.07, 6.45) is 6.28.